The molecule has 2 heterocycles. The molecule has 0 radical (unpaired) electrons. The van der Waals surface area contributed by atoms with E-state index in [0.717, 1.165) is 25.0 Å². The summed E-state index contributed by atoms with van der Waals surface area (Å²) in [5, 5.41) is 4.36. The Kier molecular flexibility index (Phi) is 6.29. The lowest BCUT2D eigenvalue weighted by atomic mass is 9.92. The number of hydrogen-bond donors (Lipinski definition) is 2. The van der Waals surface area contributed by atoms with Crippen LogP contribution in [0.25, 0.3) is 16.7 Å². The van der Waals surface area contributed by atoms with Gasteiger partial charge in [-0.25, -0.2) is 4.98 Å². The van der Waals surface area contributed by atoms with Crippen molar-refractivity contribution in [2.75, 3.05) is 6.54 Å². The van der Waals surface area contributed by atoms with Crippen molar-refractivity contribution >= 4 is 16.7 Å². The van der Waals surface area contributed by atoms with Gasteiger partial charge in [0, 0.05) is 36.1 Å². The van der Waals surface area contributed by atoms with Crippen molar-refractivity contribution in [3.05, 3.63) is 61.1 Å². The molecule has 0 aromatic carbocycles. The summed E-state index contributed by atoms with van der Waals surface area (Å²) in [6.07, 6.45) is 18.1. The average Bonchev–Trinajstić information content (AvgIpc) is 3.08. The zero-order valence-corrected chi connectivity index (χ0v) is 15.7. The molecule has 2 aromatic heterocycles. The maximum atomic E-state index is 6.09. The molecule has 4 nitrogen and oxygen atoms in total. The first-order valence-electron chi connectivity index (χ1n) is 9.62. The second kappa shape index (κ2) is 8.86. The molecule has 4 heteroatoms. The minimum absolute atomic E-state index is 0.165. The maximum Gasteiger partial charge on any atom is 0.144 e. The van der Waals surface area contributed by atoms with Gasteiger partial charge in [0.05, 0.1) is 0 Å². The highest BCUT2D eigenvalue weighted by Gasteiger charge is 2.17. The van der Waals surface area contributed by atoms with Gasteiger partial charge in [-0.2, -0.15) is 0 Å². The fraction of sp³-hybridized carbons (Fsp3) is 0.409. The number of pyridine rings is 1. The van der Waals surface area contributed by atoms with Crippen LogP contribution in [0.1, 0.15) is 38.2 Å². The van der Waals surface area contributed by atoms with E-state index < -0.39 is 0 Å². The third-order valence-corrected chi connectivity index (χ3v) is 5.09. The van der Waals surface area contributed by atoms with E-state index >= 15 is 0 Å². The van der Waals surface area contributed by atoms with E-state index in [1.54, 1.807) is 6.20 Å². The smallest absolute Gasteiger partial charge is 0.144 e. The molecule has 0 aliphatic heterocycles. The molecule has 0 bridgehead atoms. The van der Waals surface area contributed by atoms with Gasteiger partial charge in [0.2, 0.25) is 0 Å². The summed E-state index contributed by atoms with van der Waals surface area (Å²) in [5.74, 6) is 0.391. The van der Waals surface area contributed by atoms with Crippen LogP contribution in [0.15, 0.2) is 55.5 Å². The lowest BCUT2D eigenvalue weighted by molar-refractivity contribution is 0.537. The van der Waals surface area contributed by atoms with Gasteiger partial charge in [0.25, 0.3) is 0 Å². The lowest BCUT2D eigenvalue weighted by Crippen LogP contribution is -2.26. The highest BCUT2D eigenvalue weighted by molar-refractivity contribution is 5.80. The number of nitrogens with zero attached hydrogens (tertiary/aromatic N) is 2. The molecule has 0 saturated heterocycles. The van der Waals surface area contributed by atoms with Crippen LogP contribution in [0.3, 0.4) is 0 Å². The molecule has 0 saturated carbocycles. The number of fused-ring (bicyclic) bond motifs is 1. The summed E-state index contributed by atoms with van der Waals surface area (Å²) < 4.78 is 2.21. The molecule has 2 atom stereocenters. The van der Waals surface area contributed by atoms with Crippen molar-refractivity contribution in [1.82, 2.24) is 14.9 Å². The Morgan fingerprint density at radius 3 is 3.12 bits per heavy atom. The van der Waals surface area contributed by atoms with E-state index in [2.05, 4.69) is 59.9 Å². The minimum Gasteiger partial charge on any atom is -0.391 e. The van der Waals surface area contributed by atoms with E-state index in [-0.39, 0.29) is 6.04 Å². The maximum absolute atomic E-state index is 6.09. The second-order valence-corrected chi connectivity index (χ2v) is 7.18. The van der Waals surface area contributed by atoms with E-state index in [1.807, 2.05) is 6.20 Å². The third-order valence-electron chi connectivity index (χ3n) is 5.09. The Morgan fingerprint density at radius 2 is 2.31 bits per heavy atom. The van der Waals surface area contributed by atoms with E-state index in [9.17, 15) is 0 Å². The Bertz CT molecular complexity index is 798. The monoisotopic (exact) mass is 350 g/mol. The Morgan fingerprint density at radius 1 is 1.42 bits per heavy atom. The molecule has 0 spiro atoms. The molecule has 3 N–H and O–H groups in total. The highest BCUT2D eigenvalue weighted by Crippen LogP contribution is 2.28. The number of nitrogens with one attached hydrogen (secondary N) is 1. The van der Waals surface area contributed by atoms with Crippen LogP contribution >= 0.6 is 0 Å². The molecular formula is C22H30N4. The first-order chi connectivity index (χ1) is 12.7. The van der Waals surface area contributed by atoms with Crippen LogP contribution in [-0.2, 0) is 6.42 Å². The Labute approximate surface area is 156 Å². The second-order valence-electron chi connectivity index (χ2n) is 7.18. The zero-order valence-electron chi connectivity index (χ0n) is 15.7. The molecule has 1 aliphatic carbocycles. The lowest BCUT2D eigenvalue weighted by Gasteiger charge is -2.22. The Balaban J connectivity index is 1.65. The number of unbranched alkanes of at least 4 members (excludes halogenated alkanes) is 2. The summed E-state index contributed by atoms with van der Waals surface area (Å²) in [7, 11) is 0. The normalized spacial score (nSPS) is 17.9. The number of aromatic nitrogens is 2. The fourth-order valence-corrected chi connectivity index (χ4v) is 3.50. The quantitative estimate of drug-likeness (QED) is 0.665. The van der Waals surface area contributed by atoms with Gasteiger partial charge in [-0.15, -0.1) is 0 Å². The molecule has 2 unspecified atom stereocenters. The number of allylic oxidation sites excluding steroid dienone is 3. The minimum atomic E-state index is 0.165. The average molecular weight is 351 g/mol. The molecule has 1 aliphatic rings. The van der Waals surface area contributed by atoms with E-state index in [1.165, 1.54) is 35.9 Å². The van der Waals surface area contributed by atoms with Crippen molar-refractivity contribution in [3.63, 3.8) is 0 Å². The van der Waals surface area contributed by atoms with Gasteiger partial charge < -0.3 is 15.6 Å². The van der Waals surface area contributed by atoms with Gasteiger partial charge >= 0.3 is 0 Å². The van der Waals surface area contributed by atoms with Crippen LogP contribution in [-0.4, -0.2) is 22.1 Å². The van der Waals surface area contributed by atoms with Crippen molar-refractivity contribution in [2.24, 2.45) is 11.7 Å². The fourth-order valence-electron chi connectivity index (χ4n) is 3.50. The molecule has 0 amide bonds. The number of hydrogen-bond acceptors (Lipinski definition) is 3. The van der Waals surface area contributed by atoms with Crippen molar-refractivity contribution in [1.29, 1.82) is 0 Å². The summed E-state index contributed by atoms with van der Waals surface area (Å²) >= 11 is 0. The van der Waals surface area contributed by atoms with Gasteiger partial charge in [0.15, 0.2) is 0 Å². The first-order valence-corrected chi connectivity index (χ1v) is 9.62. The predicted molar refractivity (Wildman–Crippen MR) is 111 cm³/mol. The van der Waals surface area contributed by atoms with Crippen LogP contribution in [0.5, 0.6) is 0 Å². The van der Waals surface area contributed by atoms with Gasteiger partial charge in [-0.3, -0.25) is 0 Å². The summed E-state index contributed by atoms with van der Waals surface area (Å²) in [4.78, 5) is 4.76. The third kappa shape index (κ3) is 4.44. The predicted octanol–water partition coefficient (Wildman–Crippen LogP) is 4.25. The molecule has 2 aromatic rings. The van der Waals surface area contributed by atoms with Crippen LogP contribution in [0.4, 0.5) is 0 Å². The van der Waals surface area contributed by atoms with Crippen LogP contribution in [0, 0.1) is 5.92 Å². The SMILES string of the molecule is C=CNCCCCCc1cnc2c(ccn2C2=CC=CC(C(C)N)C2)c1. The van der Waals surface area contributed by atoms with E-state index in [0.29, 0.717) is 5.92 Å². The first kappa shape index (κ1) is 18.5. The summed E-state index contributed by atoms with van der Waals surface area (Å²) in [6, 6.07) is 4.61. The molecule has 26 heavy (non-hydrogen) atoms. The zero-order chi connectivity index (χ0) is 18.4. The van der Waals surface area contributed by atoms with Crippen molar-refractivity contribution in [3.8, 4) is 0 Å². The number of aryl methyl sites for hydroxylation is 1. The molecular weight excluding hydrogens is 320 g/mol. The highest BCUT2D eigenvalue weighted by atomic mass is 15.0. The molecule has 0 fully saturated rings. The van der Waals surface area contributed by atoms with E-state index in [4.69, 9.17) is 10.7 Å². The molecule has 138 valence electrons. The Hall–Kier alpha value is -2.33. The largest absolute Gasteiger partial charge is 0.391 e. The van der Waals surface area contributed by atoms with Crippen LogP contribution in [0.2, 0.25) is 0 Å². The topological polar surface area (TPSA) is 55.9 Å². The van der Waals surface area contributed by atoms with Gasteiger partial charge in [-0.1, -0.05) is 25.2 Å². The number of nitrogens with two attached hydrogens (primary N) is 1. The standard InChI is InChI=1S/C22H30N4/c1-3-24-12-6-4-5-8-18-14-20-11-13-26(22(20)25-16-18)21-10-7-9-19(15-21)17(2)23/h3,7,9-11,13-14,16-17,19,24H,1,4-6,8,12,15,23H2,2H3. The number of rotatable bonds is 9. The van der Waals surface area contributed by atoms with Crippen molar-refractivity contribution < 1.29 is 0 Å². The van der Waals surface area contributed by atoms with Gasteiger partial charge in [0.1, 0.15) is 5.65 Å². The van der Waals surface area contributed by atoms with Crippen LogP contribution < -0.4 is 11.1 Å². The summed E-state index contributed by atoms with van der Waals surface area (Å²) in [5.41, 5.74) is 9.71. The van der Waals surface area contributed by atoms with Crippen molar-refractivity contribution in [2.45, 2.75) is 45.1 Å². The molecule has 3 rings (SSSR count). The summed E-state index contributed by atoms with van der Waals surface area (Å²) in [6.45, 7) is 6.75. The van der Waals surface area contributed by atoms with Gasteiger partial charge in [-0.05, 0) is 68.5 Å².